The van der Waals surface area contributed by atoms with Crippen LogP contribution in [0, 0.1) is 6.92 Å². The summed E-state index contributed by atoms with van der Waals surface area (Å²) in [6.45, 7) is 5.96. The largest absolute Gasteiger partial charge is 0.462 e. The number of rotatable bonds is 5. The fourth-order valence-electron chi connectivity index (χ4n) is 2.32. The van der Waals surface area contributed by atoms with E-state index in [-0.39, 0.29) is 5.91 Å². The highest BCUT2D eigenvalue weighted by molar-refractivity contribution is 7.16. The summed E-state index contributed by atoms with van der Waals surface area (Å²) < 4.78 is 5.13. The Kier molecular flexibility index (Phi) is 5.39. The maximum atomic E-state index is 12.4. The molecule has 5 nitrogen and oxygen atoms in total. The van der Waals surface area contributed by atoms with E-state index in [1.165, 1.54) is 11.3 Å². The summed E-state index contributed by atoms with van der Waals surface area (Å²) in [5.41, 5.74) is 8.08. The zero-order chi connectivity index (χ0) is 17.0. The van der Waals surface area contributed by atoms with Crippen LogP contribution >= 0.6 is 11.3 Å². The van der Waals surface area contributed by atoms with Gasteiger partial charge in [-0.2, -0.15) is 0 Å². The van der Waals surface area contributed by atoms with Gasteiger partial charge < -0.3 is 15.8 Å². The van der Waals surface area contributed by atoms with Crippen LogP contribution in [-0.2, 0) is 11.2 Å². The molecule has 3 N–H and O–H groups in total. The first-order chi connectivity index (χ1) is 11.0. The number of esters is 1. The molecule has 2 rings (SSSR count). The highest BCUT2D eigenvalue weighted by atomic mass is 32.1. The second-order valence-corrected chi connectivity index (χ2v) is 6.22. The summed E-state index contributed by atoms with van der Waals surface area (Å²) in [6, 6.07) is 6.63. The van der Waals surface area contributed by atoms with Crippen LogP contribution in [0.2, 0.25) is 0 Å². The van der Waals surface area contributed by atoms with Crippen molar-refractivity contribution in [3.8, 4) is 0 Å². The van der Waals surface area contributed by atoms with Gasteiger partial charge in [0.25, 0.3) is 5.91 Å². The van der Waals surface area contributed by atoms with E-state index < -0.39 is 5.97 Å². The van der Waals surface area contributed by atoms with E-state index in [1.54, 1.807) is 31.2 Å². The maximum absolute atomic E-state index is 12.4. The number of nitrogen functional groups attached to an aromatic ring is 1. The Balaban J connectivity index is 2.33. The zero-order valence-corrected chi connectivity index (χ0v) is 14.3. The molecule has 0 saturated carbocycles. The van der Waals surface area contributed by atoms with E-state index in [4.69, 9.17) is 10.5 Å². The molecule has 1 amide bonds. The molecule has 0 spiro atoms. The van der Waals surface area contributed by atoms with E-state index in [9.17, 15) is 9.59 Å². The Morgan fingerprint density at radius 2 is 1.87 bits per heavy atom. The lowest BCUT2D eigenvalue weighted by atomic mass is 10.1. The smallest absolute Gasteiger partial charge is 0.341 e. The Labute approximate surface area is 139 Å². The zero-order valence-electron chi connectivity index (χ0n) is 13.4. The predicted octanol–water partition coefficient (Wildman–Crippen LogP) is 3.63. The molecule has 0 aliphatic rings. The van der Waals surface area contributed by atoms with Gasteiger partial charge in [-0.3, -0.25) is 4.79 Å². The fraction of sp³-hybridized carbons (Fsp3) is 0.294. The van der Waals surface area contributed by atoms with Crippen molar-refractivity contribution in [3.05, 3.63) is 45.8 Å². The first-order valence-corrected chi connectivity index (χ1v) is 8.25. The summed E-state index contributed by atoms with van der Waals surface area (Å²) in [6.07, 6.45) is 0.703. The predicted molar refractivity (Wildman–Crippen MR) is 93.2 cm³/mol. The van der Waals surface area contributed by atoms with E-state index in [2.05, 4.69) is 5.32 Å². The van der Waals surface area contributed by atoms with Gasteiger partial charge in [0.2, 0.25) is 0 Å². The second-order valence-electron chi connectivity index (χ2n) is 4.99. The molecule has 0 atom stereocenters. The fourth-order valence-corrected chi connectivity index (χ4v) is 3.45. The van der Waals surface area contributed by atoms with E-state index >= 15 is 0 Å². The third-order valence-electron chi connectivity index (χ3n) is 3.44. The number of ether oxygens (including phenoxy) is 1. The summed E-state index contributed by atoms with van der Waals surface area (Å²) in [5, 5.41) is 3.35. The monoisotopic (exact) mass is 332 g/mol. The van der Waals surface area contributed by atoms with Crippen molar-refractivity contribution in [2.75, 3.05) is 17.7 Å². The van der Waals surface area contributed by atoms with Crippen LogP contribution in [0.15, 0.2) is 24.3 Å². The van der Waals surface area contributed by atoms with Gasteiger partial charge in [-0.25, -0.2) is 4.79 Å². The molecule has 0 aliphatic heterocycles. The van der Waals surface area contributed by atoms with Gasteiger partial charge in [0.05, 0.1) is 12.2 Å². The van der Waals surface area contributed by atoms with Gasteiger partial charge in [0.1, 0.15) is 5.00 Å². The molecule has 6 heteroatoms. The number of nitrogens with two attached hydrogens (primary N) is 1. The van der Waals surface area contributed by atoms with Crippen LogP contribution in [0.25, 0.3) is 0 Å². The summed E-state index contributed by atoms with van der Waals surface area (Å²) in [7, 11) is 0. The average Bonchev–Trinajstić information content (AvgIpc) is 2.83. The van der Waals surface area contributed by atoms with Crippen molar-refractivity contribution < 1.29 is 14.3 Å². The Bertz CT molecular complexity index is 720. The SMILES string of the molecule is CCOC(=O)c1c(NC(=O)c2ccc(N)cc2)sc(C)c1CC. The summed E-state index contributed by atoms with van der Waals surface area (Å²) in [5.74, 6) is -0.680. The van der Waals surface area contributed by atoms with Gasteiger partial charge in [0, 0.05) is 16.1 Å². The molecule has 0 aliphatic carbocycles. The number of aryl methyl sites for hydroxylation is 1. The molecule has 1 heterocycles. The van der Waals surface area contributed by atoms with Crippen LogP contribution in [0.3, 0.4) is 0 Å². The van der Waals surface area contributed by atoms with Crippen molar-refractivity contribution in [1.82, 2.24) is 0 Å². The highest BCUT2D eigenvalue weighted by Gasteiger charge is 2.23. The average molecular weight is 332 g/mol. The van der Waals surface area contributed by atoms with Crippen LogP contribution in [0.1, 0.15) is 45.0 Å². The van der Waals surface area contributed by atoms with Crippen LogP contribution in [-0.4, -0.2) is 18.5 Å². The molecule has 2 aromatic rings. The lowest BCUT2D eigenvalue weighted by molar-refractivity contribution is 0.0527. The van der Waals surface area contributed by atoms with Crippen molar-refractivity contribution in [2.45, 2.75) is 27.2 Å². The minimum absolute atomic E-state index is 0.278. The molecule has 0 bridgehead atoms. The minimum Gasteiger partial charge on any atom is -0.462 e. The van der Waals surface area contributed by atoms with Crippen molar-refractivity contribution in [3.63, 3.8) is 0 Å². The Hall–Kier alpha value is -2.34. The van der Waals surface area contributed by atoms with Crippen LogP contribution in [0.4, 0.5) is 10.7 Å². The van der Waals surface area contributed by atoms with Gasteiger partial charge in [-0.1, -0.05) is 6.92 Å². The molecular formula is C17H20N2O3S. The first-order valence-electron chi connectivity index (χ1n) is 7.44. The summed E-state index contributed by atoms with van der Waals surface area (Å²) in [4.78, 5) is 25.6. The molecule has 1 aromatic heterocycles. The molecule has 122 valence electrons. The van der Waals surface area contributed by atoms with Gasteiger partial charge >= 0.3 is 5.97 Å². The van der Waals surface area contributed by atoms with Gasteiger partial charge in [-0.05, 0) is 50.1 Å². The number of amides is 1. The third kappa shape index (κ3) is 3.71. The van der Waals surface area contributed by atoms with E-state index in [0.717, 1.165) is 10.4 Å². The number of anilines is 2. The van der Waals surface area contributed by atoms with Gasteiger partial charge in [0.15, 0.2) is 0 Å². The van der Waals surface area contributed by atoms with Crippen LogP contribution in [0.5, 0.6) is 0 Å². The standard InChI is InChI=1S/C17H20N2O3S/c1-4-13-10(3)23-16(14(13)17(21)22-5-2)19-15(20)11-6-8-12(18)9-7-11/h6-9H,4-5,18H2,1-3H3,(H,19,20). The number of carbonyl (C=O) groups excluding carboxylic acids is 2. The number of benzene rings is 1. The molecule has 0 saturated heterocycles. The molecule has 0 fully saturated rings. The normalized spacial score (nSPS) is 10.4. The highest BCUT2D eigenvalue weighted by Crippen LogP contribution is 2.34. The molecule has 1 aromatic carbocycles. The Morgan fingerprint density at radius 1 is 1.22 bits per heavy atom. The minimum atomic E-state index is -0.402. The lowest BCUT2D eigenvalue weighted by Crippen LogP contribution is -2.15. The first kappa shape index (κ1) is 17.0. The molecule has 0 radical (unpaired) electrons. The van der Waals surface area contributed by atoms with Crippen molar-refractivity contribution in [1.29, 1.82) is 0 Å². The maximum Gasteiger partial charge on any atom is 0.341 e. The second kappa shape index (κ2) is 7.28. The molecular weight excluding hydrogens is 312 g/mol. The number of nitrogens with one attached hydrogen (secondary N) is 1. The number of hydrogen-bond donors (Lipinski definition) is 2. The number of carbonyl (C=O) groups is 2. The van der Waals surface area contributed by atoms with Crippen molar-refractivity contribution >= 4 is 33.9 Å². The number of thiophene rings is 1. The molecule has 0 unspecified atom stereocenters. The third-order valence-corrected chi connectivity index (χ3v) is 4.50. The molecule has 23 heavy (non-hydrogen) atoms. The van der Waals surface area contributed by atoms with E-state index in [0.29, 0.717) is 34.8 Å². The quantitative estimate of drug-likeness (QED) is 0.647. The van der Waals surface area contributed by atoms with E-state index in [1.807, 2.05) is 13.8 Å². The summed E-state index contributed by atoms with van der Waals surface area (Å²) >= 11 is 1.39. The topological polar surface area (TPSA) is 81.4 Å². The van der Waals surface area contributed by atoms with Crippen molar-refractivity contribution in [2.24, 2.45) is 0 Å². The number of hydrogen-bond acceptors (Lipinski definition) is 5. The lowest BCUT2D eigenvalue weighted by Gasteiger charge is -2.08. The Morgan fingerprint density at radius 3 is 2.43 bits per heavy atom. The van der Waals surface area contributed by atoms with Gasteiger partial charge in [-0.15, -0.1) is 11.3 Å². The van der Waals surface area contributed by atoms with Crippen LogP contribution < -0.4 is 11.1 Å².